The second kappa shape index (κ2) is 16.9. The molecule has 0 radical (unpaired) electrons. The number of nitrogens with two attached hydrogens (primary N) is 1. The lowest BCUT2D eigenvalue weighted by Crippen LogP contribution is -2.50. The Kier molecular flexibility index (Phi) is 12.5. The highest BCUT2D eigenvalue weighted by atomic mass is 19.4. The first-order chi connectivity index (χ1) is 25.6. The first kappa shape index (κ1) is 40.0. The van der Waals surface area contributed by atoms with Crippen molar-refractivity contribution in [1.82, 2.24) is 16.0 Å². The van der Waals surface area contributed by atoms with E-state index in [1.54, 1.807) is 30.3 Å². The zero-order chi connectivity index (χ0) is 39.1. The van der Waals surface area contributed by atoms with Crippen LogP contribution < -0.4 is 21.7 Å². The van der Waals surface area contributed by atoms with Crippen molar-refractivity contribution < 1.29 is 45.8 Å². The minimum Gasteiger partial charge on any atom is -0.377 e. The van der Waals surface area contributed by atoms with Crippen LogP contribution in [0.4, 0.5) is 26.3 Å². The lowest BCUT2D eigenvalue weighted by molar-refractivity contribution is -0.137. The Balaban J connectivity index is 1.23. The molecule has 4 aromatic carbocycles. The van der Waals surface area contributed by atoms with E-state index in [9.17, 15) is 45.8 Å². The van der Waals surface area contributed by atoms with Gasteiger partial charge in [0, 0.05) is 18.5 Å². The van der Waals surface area contributed by atoms with Gasteiger partial charge in [0.1, 0.15) is 12.3 Å². The van der Waals surface area contributed by atoms with Gasteiger partial charge in [-0.2, -0.15) is 26.3 Å². The molecule has 0 bridgehead atoms. The fraction of sp³-hybridized carbons (Fsp3) is 0.325. The van der Waals surface area contributed by atoms with Gasteiger partial charge in [-0.3, -0.25) is 19.7 Å². The number of fused-ring (bicyclic) bond motifs is 3. The van der Waals surface area contributed by atoms with Crippen LogP contribution >= 0.6 is 0 Å². The van der Waals surface area contributed by atoms with Crippen LogP contribution in [0.1, 0.15) is 65.6 Å². The average molecular weight is 755 g/mol. The van der Waals surface area contributed by atoms with Crippen LogP contribution in [0.2, 0.25) is 0 Å². The molecular formula is C40H40F6N4O4. The quantitative estimate of drug-likeness (QED) is 0.0485. The number of hydrogen-bond acceptors (Lipinski definition) is 5. The lowest BCUT2D eigenvalue weighted by atomic mass is 9.72. The number of aliphatic hydroxyl groups excluding tert-OH is 1. The van der Waals surface area contributed by atoms with Gasteiger partial charge in [-0.25, -0.2) is 0 Å². The zero-order valence-electron chi connectivity index (χ0n) is 29.1. The molecule has 0 spiro atoms. The van der Waals surface area contributed by atoms with Crippen molar-refractivity contribution in [3.63, 3.8) is 0 Å². The number of carbonyl (C=O) groups excluding carboxylic acids is 3. The van der Waals surface area contributed by atoms with E-state index in [4.69, 9.17) is 5.73 Å². The maximum Gasteiger partial charge on any atom is 0.416 e. The van der Waals surface area contributed by atoms with Gasteiger partial charge in [-0.15, -0.1) is 0 Å². The van der Waals surface area contributed by atoms with E-state index < -0.39 is 59.9 Å². The summed E-state index contributed by atoms with van der Waals surface area (Å²) in [6, 6.07) is 24.0. The Hall–Kier alpha value is -5.21. The van der Waals surface area contributed by atoms with Crippen molar-refractivity contribution in [3.05, 3.63) is 119 Å². The fourth-order valence-electron chi connectivity index (χ4n) is 7.05. The molecule has 0 aromatic heterocycles. The Bertz CT molecular complexity index is 1900. The van der Waals surface area contributed by atoms with Crippen LogP contribution in [0.25, 0.3) is 22.3 Å². The van der Waals surface area contributed by atoms with Crippen LogP contribution in [0.5, 0.6) is 0 Å². The van der Waals surface area contributed by atoms with Gasteiger partial charge in [0.2, 0.25) is 11.8 Å². The predicted molar refractivity (Wildman–Crippen MR) is 191 cm³/mol. The maximum atomic E-state index is 13.5. The number of nitrogens with one attached hydrogen (secondary N) is 3. The zero-order valence-corrected chi connectivity index (χ0v) is 29.1. The topological polar surface area (TPSA) is 134 Å². The van der Waals surface area contributed by atoms with E-state index in [1.165, 1.54) is 18.2 Å². The smallest absolute Gasteiger partial charge is 0.377 e. The van der Waals surface area contributed by atoms with Gasteiger partial charge < -0.3 is 21.5 Å². The van der Waals surface area contributed by atoms with E-state index >= 15 is 0 Å². The van der Waals surface area contributed by atoms with Gasteiger partial charge in [-0.05, 0) is 70.8 Å². The summed E-state index contributed by atoms with van der Waals surface area (Å²) in [4.78, 5) is 38.4. The third-order valence-electron chi connectivity index (χ3n) is 9.61. The largest absolute Gasteiger partial charge is 0.416 e. The van der Waals surface area contributed by atoms with E-state index in [2.05, 4.69) is 16.0 Å². The summed E-state index contributed by atoms with van der Waals surface area (Å²) in [5.74, 6) is -1.96. The second-order valence-corrected chi connectivity index (χ2v) is 13.2. The van der Waals surface area contributed by atoms with E-state index in [0.29, 0.717) is 36.8 Å². The summed E-state index contributed by atoms with van der Waals surface area (Å²) < 4.78 is 79.0. The number of hydrogen-bond donors (Lipinski definition) is 5. The second-order valence-electron chi connectivity index (χ2n) is 13.2. The molecular weight excluding hydrogens is 714 g/mol. The summed E-state index contributed by atoms with van der Waals surface area (Å²) >= 11 is 0. The molecule has 286 valence electrons. The van der Waals surface area contributed by atoms with Gasteiger partial charge in [0.15, 0.2) is 0 Å². The number of aliphatic hydroxyl groups is 1. The predicted octanol–water partition coefficient (Wildman–Crippen LogP) is 6.85. The first-order valence-corrected chi connectivity index (χ1v) is 17.4. The van der Waals surface area contributed by atoms with Gasteiger partial charge in [-0.1, -0.05) is 91.7 Å². The van der Waals surface area contributed by atoms with Crippen molar-refractivity contribution in [2.75, 3.05) is 13.1 Å². The monoisotopic (exact) mass is 754 g/mol. The molecule has 14 heteroatoms. The third kappa shape index (κ3) is 9.29. The average Bonchev–Trinajstić information content (AvgIpc) is 3.43. The first-order valence-electron chi connectivity index (χ1n) is 17.4. The number of amides is 3. The molecule has 2 unspecified atom stereocenters. The number of unbranched alkanes of at least 4 members (excludes halogenated alkanes) is 2. The SMILES string of the molecule is NC(=O)CCC(NC(=O)c1ccccc1-c1ccc(C(F)(F)F)cc1)C(=O)NCCCCCC1(C(O)NCC(F)(F)F)c2ccccc2-c2ccccc21. The number of benzene rings is 4. The molecule has 8 nitrogen and oxygen atoms in total. The highest BCUT2D eigenvalue weighted by Crippen LogP contribution is 2.53. The molecule has 6 N–H and O–H groups in total. The van der Waals surface area contributed by atoms with Crippen LogP contribution in [0.3, 0.4) is 0 Å². The fourth-order valence-corrected chi connectivity index (χ4v) is 7.05. The standard InChI is InChI=1S/C40H40F6N4O4/c41-39(42,43)24-49-37(54)38(31-14-6-4-11-28(31)29-12-5-7-15-32(29)38)22-8-1-9-23-48-36(53)33(20-21-34(47)51)50-35(52)30-13-3-2-10-27(30)25-16-18-26(19-17-25)40(44,45)46/h2-7,10-19,33,37,49,54H,1,8-9,20-24H2,(H2,47,51)(H,48,53)(H,50,52). The van der Waals surface area contributed by atoms with Crippen LogP contribution in [-0.4, -0.2) is 54.4 Å². The molecule has 0 fully saturated rings. The normalized spacial score (nSPS) is 14.4. The maximum absolute atomic E-state index is 13.5. The Morgan fingerprint density at radius 1 is 0.741 bits per heavy atom. The van der Waals surface area contributed by atoms with Crippen molar-refractivity contribution in [2.24, 2.45) is 5.73 Å². The third-order valence-corrected chi connectivity index (χ3v) is 9.61. The number of halogens is 6. The summed E-state index contributed by atoms with van der Waals surface area (Å²) in [5.41, 5.74) is 7.20. The Labute approximate surface area is 308 Å². The van der Waals surface area contributed by atoms with Crippen molar-refractivity contribution in [3.8, 4) is 22.3 Å². The van der Waals surface area contributed by atoms with Gasteiger partial charge >= 0.3 is 12.4 Å². The summed E-state index contributed by atoms with van der Waals surface area (Å²) in [6.45, 7) is -1.21. The Morgan fingerprint density at radius 2 is 1.31 bits per heavy atom. The van der Waals surface area contributed by atoms with Crippen molar-refractivity contribution in [2.45, 2.75) is 68.6 Å². The molecule has 1 aliphatic carbocycles. The minimum absolute atomic E-state index is 0.102. The van der Waals surface area contributed by atoms with Gasteiger partial charge in [0.05, 0.1) is 17.5 Å². The lowest BCUT2D eigenvalue weighted by Gasteiger charge is -2.37. The number of alkyl halides is 6. The summed E-state index contributed by atoms with van der Waals surface area (Å²) in [7, 11) is 0. The minimum atomic E-state index is -4.54. The molecule has 0 saturated heterocycles. The van der Waals surface area contributed by atoms with E-state index in [1.807, 2.05) is 36.4 Å². The van der Waals surface area contributed by atoms with E-state index in [0.717, 1.165) is 34.4 Å². The highest BCUT2D eigenvalue weighted by molar-refractivity contribution is 6.03. The van der Waals surface area contributed by atoms with Crippen molar-refractivity contribution in [1.29, 1.82) is 0 Å². The van der Waals surface area contributed by atoms with Crippen LogP contribution in [0, 0.1) is 0 Å². The molecule has 54 heavy (non-hydrogen) atoms. The summed E-state index contributed by atoms with van der Waals surface area (Å²) in [5, 5.41) is 19.1. The number of primary amides is 1. The highest BCUT2D eigenvalue weighted by Gasteiger charge is 2.48. The Morgan fingerprint density at radius 3 is 1.89 bits per heavy atom. The van der Waals surface area contributed by atoms with Crippen LogP contribution in [0.15, 0.2) is 97.1 Å². The molecule has 0 heterocycles. The van der Waals surface area contributed by atoms with E-state index in [-0.39, 0.29) is 24.9 Å². The molecule has 1 aliphatic rings. The number of carbonyl (C=O) groups is 3. The number of rotatable bonds is 16. The molecule has 5 rings (SSSR count). The van der Waals surface area contributed by atoms with Gasteiger partial charge in [0.25, 0.3) is 5.91 Å². The van der Waals surface area contributed by atoms with Crippen LogP contribution in [-0.2, 0) is 21.2 Å². The van der Waals surface area contributed by atoms with Crippen molar-refractivity contribution >= 4 is 17.7 Å². The molecule has 0 aliphatic heterocycles. The molecule has 0 saturated carbocycles. The molecule has 3 amide bonds. The summed E-state index contributed by atoms with van der Waals surface area (Å²) in [6.07, 6.45) is -9.20. The molecule has 2 atom stereocenters. The molecule has 4 aromatic rings.